The Kier molecular flexibility index (Phi) is 3.39. The zero-order chi connectivity index (χ0) is 13.9. The number of oxazole rings is 1. The molecule has 100 valence electrons. The number of hydrogen-bond donors (Lipinski definition) is 1. The van der Waals surface area contributed by atoms with Crippen molar-refractivity contribution in [3.8, 4) is 0 Å². The van der Waals surface area contributed by atoms with E-state index < -0.39 is 0 Å². The summed E-state index contributed by atoms with van der Waals surface area (Å²) in [6.45, 7) is 0.246. The molecule has 0 radical (unpaired) electrons. The largest absolute Gasteiger partial charge is 0.439 e. The van der Waals surface area contributed by atoms with Crippen LogP contribution in [0.2, 0.25) is 5.02 Å². The summed E-state index contributed by atoms with van der Waals surface area (Å²) >= 11 is 5.78. The van der Waals surface area contributed by atoms with Gasteiger partial charge in [0, 0.05) is 10.6 Å². The van der Waals surface area contributed by atoms with Crippen molar-refractivity contribution in [1.82, 2.24) is 10.3 Å². The van der Waals surface area contributed by atoms with Crippen LogP contribution >= 0.6 is 11.6 Å². The number of carbonyl (C=O) groups excluding carboxylic acids is 1. The average Bonchev–Trinajstić information content (AvgIpc) is 2.88. The number of rotatable bonds is 3. The predicted molar refractivity (Wildman–Crippen MR) is 76.6 cm³/mol. The number of amides is 1. The Morgan fingerprint density at radius 1 is 1.15 bits per heavy atom. The molecule has 0 atom stereocenters. The van der Waals surface area contributed by atoms with Crippen molar-refractivity contribution >= 4 is 28.6 Å². The second kappa shape index (κ2) is 5.35. The number of nitrogens with zero attached hydrogens (tertiary/aromatic N) is 1. The number of halogens is 1. The molecule has 1 N–H and O–H groups in total. The number of carbonyl (C=O) groups is 1. The third kappa shape index (κ3) is 2.65. The lowest BCUT2D eigenvalue weighted by atomic mass is 10.2. The predicted octanol–water partition coefficient (Wildman–Crippen LogP) is 3.41. The fourth-order valence-electron chi connectivity index (χ4n) is 1.85. The minimum absolute atomic E-state index is 0.191. The molecule has 1 amide bonds. The van der Waals surface area contributed by atoms with E-state index in [0.29, 0.717) is 22.1 Å². The topological polar surface area (TPSA) is 55.1 Å². The van der Waals surface area contributed by atoms with Gasteiger partial charge in [-0.05, 0) is 36.4 Å². The highest BCUT2D eigenvalue weighted by molar-refractivity contribution is 6.30. The summed E-state index contributed by atoms with van der Waals surface area (Å²) in [5, 5.41) is 3.36. The monoisotopic (exact) mass is 286 g/mol. The van der Waals surface area contributed by atoms with Crippen LogP contribution in [0.1, 0.15) is 16.2 Å². The van der Waals surface area contributed by atoms with Gasteiger partial charge in [0.05, 0.1) is 6.54 Å². The fourth-order valence-corrected chi connectivity index (χ4v) is 1.98. The summed E-state index contributed by atoms with van der Waals surface area (Å²) in [6.07, 6.45) is 0. The average molecular weight is 287 g/mol. The normalized spacial score (nSPS) is 10.7. The molecule has 0 spiro atoms. The second-order valence-corrected chi connectivity index (χ2v) is 4.70. The van der Waals surface area contributed by atoms with E-state index in [0.717, 1.165) is 5.52 Å². The highest BCUT2D eigenvalue weighted by Crippen LogP contribution is 2.14. The zero-order valence-corrected chi connectivity index (χ0v) is 11.2. The maximum atomic E-state index is 11.9. The lowest BCUT2D eigenvalue weighted by molar-refractivity contribution is 0.0947. The van der Waals surface area contributed by atoms with Crippen LogP contribution in [0.4, 0.5) is 0 Å². The molecule has 5 heteroatoms. The van der Waals surface area contributed by atoms with Crippen molar-refractivity contribution in [2.45, 2.75) is 6.54 Å². The highest BCUT2D eigenvalue weighted by atomic mass is 35.5. The molecule has 2 aromatic carbocycles. The molecule has 0 aliphatic heterocycles. The van der Waals surface area contributed by atoms with Gasteiger partial charge in [0.15, 0.2) is 5.58 Å². The molecule has 0 aliphatic carbocycles. The Balaban J connectivity index is 1.69. The van der Waals surface area contributed by atoms with Gasteiger partial charge in [0.2, 0.25) is 5.89 Å². The van der Waals surface area contributed by atoms with E-state index in [9.17, 15) is 4.79 Å². The van der Waals surface area contributed by atoms with Gasteiger partial charge >= 0.3 is 0 Å². The Morgan fingerprint density at radius 2 is 1.90 bits per heavy atom. The summed E-state index contributed by atoms with van der Waals surface area (Å²) in [7, 11) is 0. The van der Waals surface area contributed by atoms with Gasteiger partial charge < -0.3 is 9.73 Å². The Labute approximate surface area is 120 Å². The molecule has 3 aromatic rings. The van der Waals surface area contributed by atoms with Crippen LogP contribution in [0.25, 0.3) is 11.1 Å². The van der Waals surface area contributed by atoms with Gasteiger partial charge in [0.1, 0.15) is 5.52 Å². The molecule has 0 fully saturated rings. The molecule has 3 rings (SSSR count). The lowest BCUT2D eigenvalue weighted by Crippen LogP contribution is -2.22. The van der Waals surface area contributed by atoms with Crippen LogP contribution in [0.15, 0.2) is 52.9 Å². The van der Waals surface area contributed by atoms with E-state index in [4.69, 9.17) is 16.0 Å². The van der Waals surface area contributed by atoms with Crippen molar-refractivity contribution < 1.29 is 9.21 Å². The Morgan fingerprint density at radius 3 is 2.65 bits per heavy atom. The molecule has 0 unspecified atom stereocenters. The van der Waals surface area contributed by atoms with Gasteiger partial charge in [-0.25, -0.2) is 4.98 Å². The number of hydrogen-bond acceptors (Lipinski definition) is 3. The van der Waals surface area contributed by atoms with Crippen LogP contribution < -0.4 is 5.32 Å². The van der Waals surface area contributed by atoms with Gasteiger partial charge in [-0.15, -0.1) is 0 Å². The molecule has 0 bridgehead atoms. The summed E-state index contributed by atoms with van der Waals surface area (Å²) in [6, 6.07) is 14.2. The minimum atomic E-state index is -0.191. The van der Waals surface area contributed by atoms with E-state index in [1.54, 1.807) is 24.3 Å². The standard InChI is InChI=1S/C15H11ClN2O2/c16-11-7-5-10(6-8-11)15(19)17-9-14-18-12-3-1-2-4-13(12)20-14/h1-8H,9H2,(H,17,19). The van der Waals surface area contributed by atoms with Crippen LogP contribution in [0, 0.1) is 0 Å². The lowest BCUT2D eigenvalue weighted by Gasteiger charge is -2.02. The van der Waals surface area contributed by atoms with Gasteiger partial charge in [0.25, 0.3) is 5.91 Å². The van der Waals surface area contributed by atoms with Crippen LogP contribution in [-0.4, -0.2) is 10.9 Å². The number of benzene rings is 2. The SMILES string of the molecule is O=C(NCc1nc2ccccc2o1)c1ccc(Cl)cc1. The van der Waals surface area contributed by atoms with Crippen molar-refractivity contribution in [1.29, 1.82) is 0 Å². The third-order valence-corrected chi connectivity index (χ3v) is 3.10. The smallest absolute Gasteiger partial charge is 0.251 e. The third-order valence-electron chi connectivity index (χ3n) is 2.84. The molecule has 0 saturated carbocycles. The molecular formula is C15H11ClN2O2. The van der Waals surface area contributed by atoms with Crippen molar-refractivity contribution in [3.05, 3.63) is 65.0 Å². The summed E-state index contributed by atoms with van der Waals surface area (Å²) in [4.78, 5) is 16.2. The van der Waals surface area contributed by atoms with Gasteiger partial charge in [-0.1, -0.05) is 23.7 Å². The second-order valence-electron chi connectivity index (χ2n) is 4.26. The maximum Gasteiger partial charge on any atom is 0.251 e. The highest BCUT2D eigenvalue weighted by Gasteiger charge is 2.08. The molecule has 4 nitrogen and oxygen atoms in total. The van der Waals surface area contributed by atoms with E-state index >= 15 is 0 Å². The summed E-state index contributed by atoms with van der Waals surface area (Å²) in [5.41, 5.74) is 2.04. The van der Waals surface area contributed by atoms with E-state index in [2.05, 4.69) is 10.3 Å². The first-order valence-electron chi connectivity index (χ1n) is 6.10. The Hall–Kier alpha value is -2.33. The van der Waals surface area contributed by atoms with Crippen LogP contribution in [0.5, 0.6) is 0 Å². The molecule has 20 heavy (non-hydrogen) atoms. The van der Waals surface area contributed by atoms with Gasteiger partial charge in [-0.3, -0.25) is 4.79 Å². The first kappa shape index (κ1) is 12.7. The first-order chi connectivity index (χ1) is 9.72. The molecular weight excluding hydrogens is 276 g/mol. The molecule has 1 heterocycles. The maximum absolute atomic E-state index is 11.9. The number of para-hydroxylation sites is 2. The van der Waals surface area contributed by atoms with Crippen molar-refractivity contribution in [2.24, 2.45) is 0 Å². The first-order valence-corrected chi connectivity index (χ1v) is 6.48. The van der Waals surface area contributed by atoms with Crippen LogP contribution in [-0.2, 0) is 6.54 Å². The number of fused-ring (bicyclic) bond motifs is 1. The van der Waals surface area contributed by atoms with Crippen LogP contribution in [0.3, 0.4) is 0 Å². The number of nitrogens with one attached hydrogen (secondary N) is 1. The van der Waals surface area contributed by atoms with Crippen molar-refractivity contribution in [2.75, 3.05) is 0 Å². The molecule has 0 aliphatic rings. The molecule has 0 saturated heterocycles. The zero-order valence-electron chi connectivity index (χ0n) is 10.5. The summed E-state index contributed by atoms with van der Waals surface area (Å²) in [5.74, 6) is 0.289. The van der Waals surface area contributed by atoms with E-state index in [1.165, 1.54) is 0 Å². The van der Waals surface area contributed by atoms with E-state index in [1.807, 2.05) is 24.3 Å². The van der Waals surface area contributed by atoms with Gasteiger partial charge in [-0.2, -0.15) is 0 Å². The Bertz CT molecular complexity index is 717. The molecule has 1 aromatic heterocycles. The van der Waals surface area contributed by atoms with Crippen molar-refractivity contribution in [3.63, 3.8) is 0 Å². The van der Waals surface area contributed by atoms with E-state index in [-0.39, 0.29) is 12.5 Å². The minimum Gasteiger partial charge on any atom is -0.439 e. The fraction of sp³-hybridized carbons (Fsp3) is 0.0667. The number of aromatic nitrogens is 1. The quantitative estimate of drug-likeness (QED) is 0.803. The summed E-state index contributed by atoms with van der Waals surface area (Å²) < 4.78 is 5.53.